The summed E-state index contributed by atoms with van der Waals surface area (Å²) in [5.74, 6) is -2.50. The molecule has 7 heteroatoms. The van der Waals surface area contributed by atoms with E-state index in [1.165, 1.54) is 0 Å². The summed E-state index contributed by atoms with van der Waals surface area (Å²) in [6.45, 7) is 0. The minimum atomic E-state index is -1.30. The molecule has 0 saturated carbocycles. The van der Waals surface area contributed by atoms with Crippen LogP contribution in [0.1, 0.15) is 20.7 Å². The van der Waals surface area contributed by atoms with Crippen LogP contribution in [0.2, 0.25) is 5.02 Å². The third-order valence-electron chi connectivity index (χ3n) is 2.38. The number of rotatable bonds is 2. The fraction of sp³-hybridized carbons (Fsp3) is 0. The first-order valence-corrected chi connectivity index (χ1v) is 6.03. The lowest BCUT2D eigenvalue weighted by atomic mass is 10.2. The maximum absolute atomic E-state index is 12.7. The smallest absolute Gasteiger partial charge is 0.337 e. The highest BCUT2D eigenvalue weighted by Gasteiger charge is 2.12. The summed E-state index contributed by atoms with van der Waals surface area (Å²) in [5, 5.41) is 8.52. The SMILES string of the molecule is NC(=O)c1ccccc1.Nc1c(F)cc(Cl)cc1C(=O)O. The van der Waals surface area contributed by atoms with Crippen LogP contribution in [0.3, 0.4) is 0 Å². The molecular weight excluding hydrogens is 299 g/mol. The van der Waals surface area contributed by atoms with Gasteiger partial charge in [0.1, 0.15) is 5.82 Å². The van der Waals surface area contributed by atoms with Gasteiger partial charge in [0.05, 0.1) is 11.3 Å². The Bertz CT molecular complexity index is 663. The van der Waals surface area contributed by atoms with Crippen LogP contribution in [0.25, 0.3) is 0 Å². The van der Waals surface area contributed by atoms with Crippen molar-refractivity contribution in [3.8, 4) is 0 Å². The lowest BCUT2D eigenvalue weighted by Gasteiger charge is -2.01. The standard InChI is InChI=1S/C7H5ClFNO2.C7H7NO/c8-3-1-4(7(11)12)6(10)5(9)2-3;8-7(9)6-4-2-1-3-5-6/h1-2H,10H2,(H,11,12);1-5H,(H2,8,9). The predicted molar refractivity (Wildman–Crippen MR) is 77.7 cm³/mol. The molecular formula is C14H12ClFN2O3. The maximum Gasteiger partial charge on any atom is 0.337 e. The van der Waals surface area contributed by atoms with Gasteiger partial charge in [0.2, 0.25) is 5.91 Å². The molecule has 2 aromatic carbocycles. The number of nitrogens with two attached hydrogens (primary N) is 2. The summed E-state index contributed by atoms with van der Waals surface area (Å²) in [5.41, 5.74) is 9.95. The van der Waals surface area contributed by atoms with Gasteiger partial charge in [-0.05, 0) is 24.3 Å². The van der Waals surface area contributed by atoms with Gasteiger partial charge in [-0.15, -0.1) is 0 Å². The number of anilines is 1. The van der Waals surface area contributed by atoms with Crippen LogP contribution in [-0.4, -0.2) is 17.0 Å². The Labute approximate surface area is 124 Å². The molecule has 0 aliphatic heterocycles. The van der Waals surface area contributed by atoms with Crippen molar-refractivity contribution in [1.82, 2.24) is 0 Å². The normalized spacial score (nSPS) is 9.43. The van der Waals surface area contributed by atoms with Crippen molar-refractivity contribution in [1.29, 1.82) is 0 Å². The first-order valence-electron chi connectivity index (χ1n) is 5.65. The van der Waals surface area contributed by atoms with Crippen LogP contribution in [0, 0.1) is 5.82 Å². The number of aromatic carboxylic acids is 1. The number of hydrogen-bond donors (Lipinski definition) is 3. The Morgan fingerprint density at radius 2 is 1.71 bits per heavy atom. The molecule has 0 heterocycles. The van der Waals surface area contributed by atoms with E-state index >= 15 is 0 Å². The van der Waals surface area contributed by atoms with E-state index < -0.39 is 17.5 Å². The van der Waals surface area contributed by atoms with Crippen LogP contribution in [0.4, 0.5) is 10.1 Å². The van der Waals surface area contributed by atoms with Gasteiger partial charge in [-0.2, -0.15) is 0 Å². The average molecular weight is 311 g/mol. The van der Waals surface area contributed by atoms with Crippen LogP contribution in [-0.2, 0) is 0 Å². The summed E-state index contributed by atoms with van der Waals surface area (Å²) >= 11 is 5.41. The zero-order valence-corrected chi connectivity index (χ0v) is 11.5. The van der Waals surface area contributed by atoms with E-state index in [4.69, 9.17) is 28.2 Å². The molecule has 0 radical (unpaired) electrons. The number of hydrogen-bond acceptors (Lipinski definition) is 3. The Morgan fingerprint density at radius 1 is 1.14 bits per heavy atom. The molecule has 5 nitrogen and oxygen atoms in total. The number of carboxylic acids is 1. The van der Waals surface area contributed by atoms with E-state index in [-0.39, 0.29) is 16.5 Å². The van der Waals surface area contributed by atoms with Crippen molar-refractivity contribution in [2.45, 2.75) is 0 Å². The highest BCUT2D eigenvalue weighted by Crippen LogP contribution is 2.21. The van der Waals surface area contributed by atoms with E-state index in [9.17, 15) is 14.0 Å². The summed E-state index contributed by atoms with van der Waals surface area (Å²) in [7, 11) is 0. The molecule has 21 heavy (non-hydrogen) atoms. The molecule has 0 fully saturated rings. The summed E-state index contributed by atoms with van der Waals surface area (Å²) < 4.78 is 12.7. The summed E-state index contributed by atoms with van der Waals surface area (Å²) in [6, 6.07) is 10.8. The molecule has 2 rings (SSSR count). The van der Waals surface area contributed by atoms with Crippen LogP contribution in [0.5, 0.6) is 0 Å². The van der Waals surface area contributed by atoms with Crippen LogP contribution >= 0.6 is 11.6 Å². The van der Waals surface area contributed by atoms with E-state index in [2.05, 4.69) is 0 Å². The Morgan fingerprint density at radius 3 is 2.14 bits per heavy atom. The minimum Gasteiger partial charge on any atom is -0.478 e. The molecule has 0 aliphatic carbocycles. The Balaban J connectivity index is 0.000000219. The van der Waals surface area contributed by atoms with E-state index in [0.717, 1.165) is 12.1 Å². The van der Waals surface area contributed by atoms with Gasteiger partial charge < -0.3 is 16.6 Å². The average Bonchev–Trinajstić information content (AvgIpc) is 2.44. The van der Waals surface area contributed by atoms with Crippen molar-refractivity contribution < 1.29 is 19.1 Å². The van der Waals surface area contributed by atoms with Crippen molar-refractivity contribution in [3.63, 3.8) is 0 Å². The highest BCUT2D eigenvalue weighted by molar-refractivity contribution is 6.31. The number of carboxylic acid groups (broad SMARTS) is 1. The number of primary amides is 1. The van der Waals surface area contributed by atoms with Gasteiger partial charge in [0.15, 0.2) is 0 Å². The quantitative estimate of drug-likeness (QED) is 0.741. The number of carbonyl (C=O) groups excluding carboxylic acids is 1. The van der Waals surface area contributed by atoms with Crippen molar-refractivity contribution >= 4 is 29.2 Å². The fourth-order valence-electron chi connectivity index (χ4n) is 1.36. The number of halogens is 2. The molecule has 0 spiro atoms. The lowest BCUT2D eigenvalue weighted by molar-refractivity contribution is 0.0697. The van der Waals surface area contributed by atoms with Crippen LogP contribution < -0.4 is 11.5 Å². The maximum atomic E-state index is 12.7. The number of benzene rings is 2. The molecule has 1 amide bonds. The van der Waals surface area contributed by atoms with Crippen LogP contribution in [0.15, 0.2) is 42.5 Å². The predicted octanol–water partition coefficient (Wildman–Crippen LogP) is 2.54. The molecule has 0 aromatic heterocycles. The molecule has 0 saturated heterocycles. The van der Waals surface area contributed by atoms with Gasteiger partial charge >= 0.3 is 5.97 Å². The van der Waals surface area contributed by atoms with Gasteiger partial charge in [-0.1, -0.05) is 29.8 Å². The van der Waals surface area contributed by atoms with Crippen molar-refractivity contribution in [2.75, 3.05) is 5.73 Å². The first kappa shape index (κ1) is 16.5. The van der Waals surface area contributed by atoms with Crippen molar-refractivity contribution in [3.05, 3.63) is 64.4 Å². The molecule has 0 aliphatic rings. The van der Waals surface area contributed by atoms with Gasteiger partial charge in [-0.25, -0.2) is 9.18 Å². The molecule has 0 atom stereocenters. The molecule has 5 N–H and O–H groups in total. The summed E-state index contributed by atoms with van der Waals surface area (Å²) in [4.78, 5) is 20.8. The second-order valence-corrected chi connectivity index (χ2v) is 4.32. The fourth-order valence-corrected chi connectivity index (χ4v) is 1.57. The third-order valence-corrected chi connectivity index (χ3v) is 2.60. The second kappa shape index (κ2) is 7.25. The zero-order valence-electron chi connectivity index (χ0n) is 10.7. The minimum absolute atomic E-state index is 0.0131. The van der Waals surface area contributed by atoms with Gasteiger partial charge in [-0.3, -0.25) is 4.79 Å². The van der Waals surface area contributed by atoms with Crippen molar-refractivity contribution in [2.24, 2.45) is 5.73 Å². The second-order valence-electron chi connectivity index (χ2n) is 3.88. The molecule has 110 valence electrons. The number of amides is 1. The summed E-state index contributed by atoms with van der Waals surface area (Å²) in [6.07, 6.45) is 0. The van der Waals surface area contributed by atoms with E-state index in [0.29, 0.717) is 5.56 Å². The Kier molecular flexibility index (Phi) is 5.68. The third kappa shape index (κ3) is 4.77. The zero-order chi connectivity index (χ0) is 16.0. The molecule has 0 unspecified atom stereocenters. The topological polar surface area (TPSA) is 106 Å². The highest BCUT2D eigenvalue weighted by atomic mass is 35.5. The number of carbonyl (C=O) groups is 2. The Hall–Kier alpha value is -2.60. The lowest BCUT2D eigenvalue weighted by Crippen LogP contribution is -2.09. The molecule has 2 aromatic rings. The number of nitrogen functional groups attached to an aromatic ring is 1. The van der Waals surface area contributed by atoms with Gasteiger partial charge in [0.25, 0.3) is 0 Å². The monoisotopic (exact) mass is 310 g/mol. The first-order chi connectivity index (χ1) is 9.82. The van der Waals surface area contributed by atoms with E-state index in [1.54, 1.807) is 24.3 Å². The van der Waals surface area contributed by atoms with Gasteiger partial charge in [0, 0.05) is 10.6 Å². The molecule has 0 bridgehead atoms. The van der Waals surface area contributed by atoms with E-state index in [1.807, 2.05) is 6.07 Å². The largest absolute Gasteiger partial charge is 0.478 e.